The molecule has 2 atom stereocenters. The summed E-state index contributed by atoms with van der Waals surface area (Å²) in [5.41, 5.74) is 8.49. The van der Waals surface area contributed by atoms with Gasteiger partial charge in [-0.3, -0.25) is 4.90 Å². The Hall–Kier alpha value is -2.27. The molecule has 2 aliphatic rings. The monoisotopic (exact) mass is 426 g/mol. The molecule has 0 spiro atoms. The summed E-state index contributed by atoms with van der Waals surface area (Å²) in [7, 11) is 0. The minimum atomic E-state index is -0.663. The summed E-state index contributed by atoms with van der Waals surface area (Å²) in [6.45, 7) is 1.74. The number of halogens is 1. The molecule has 0 aromatic heterocycles. The third-order valence-electron chi connectivity index (χ3n) is 5.55. The topological polar surface area (TPSA) is 67.5 Å². The summed E-state index contributed by atoms with van der Waals surface area (Å²) in [6.07, 6.45) is 3.33. The Morgan fingerprint density at radius 2 is 1.89 bits per heavy atom. The molecule has 2 aliphatic heterocycles. The van der Waals surface area contributed by atoms with Crippen LogP contribution in [-0.4, -0.2) is 40.5 Å². The Bertz CT molecular complexity index is 893. The van der Waals surface area contributed by atoms with E-state index >= 15 is 0 Å². The normalized spacial score (nSPS) is 24.3. The molecule has 27 heavy (non-hydrogen) atoms. The number of nitrogens with zero attached hydrogens (tertiary/aromatic N) is 2. The number of hydrogen-bond donors (Lipinski definition) is 1. The van der Waals surface area contributed by atoms with Crippen molar-refractivity contribution in [2.75, 3.05) is 13.1 Å². The van der Waals surface area contributed by atoms with Gasteiger partial charge in [0.25, 0.3) is 0 Å². The summed E-state index contributed by atoms with van der Waals surface area (Å²) >= 11 is 3.38. The van der Waals surface area contributed by atoms with Crippen molar-refractivity contribution in [2.24, 2.45) is 0 Å². The van der Waals surface area contributed by atoms with Gasteiger partial charge in [-0.1, -0.05) is 52.7 Å². The lowest BCUT2D eigenvalue weighted by molar-refractivity contribution is -0.210. The number of carbonyl (C=O) groups is 1. The van der Waals surface area contributed by atoms with Gasteiger partial charge in [0.15, 0.2) is 5.60 Å². The highest BCUT2D eigenvalue weighted by molar-refractivity contribution is 9.10. The van der Waals surface area contributed by atoms with E-state index < -0.39 is 11.6 Å². The lowest BCUT2D eigenvalue weighted by atomic mass is 9.73. The van der Waals surface area contributed by atoms with Crippen molar-refractivity contribution < 1.29 is 14.3 Å². The number of nitrogens with one attached hydrogen (secondary N) is 1. The van der Waals surface area contributed by atoms with E-state index in [0.717, 1.165) is 29.4 Å². The predicted molar refractivity (Wildman–Crippen MR) is 105 cm³/mol. The van der Waals surface area contributed by atoms with Gasteiger partial charge in [0.05, 0.1) is 21.9 Å². The van der Waals surface area contributed by atoms with Crippen LogP contribution in [0, 0.1) is 5.53 Å². The van der Waals surface area contributed by atoms with Crippen molar-refractivity contribution in [3.05, 3.63) is 70.2 Å². The van der Waals surface area contributed by atoms with E-state index in [1.807, 2.05) is 42.5 Å². The molecule has 138 valence electrons. The van der Waals surface area contributed by atoms with Crippen LogP contribution in [-0.2, 0) is 15.1 Å². The van der Waals surface area contributed by atoms with Gasteiger partial charge in [-0.15, -0.1) is 0 Å². The van der Waals surface area contributed by atoms with Gasteiger partial charge < -0.3 is 4.74 Å². The number of carbonyl (C=O) groups excluding carboxylic acids is 1. The molecule has 2 heterocycles. The number of ether oxygens (including phenoxy) is 1. The molecule has 4 rings (SSSR count). The van der Waals surface area contributed by atoms with Gasteiger partial charge in [-0.25, -0.2) is 4.79 Å². The second kappa shape index (κ2) is 7.39. The molecule has 0 aliphatic carbocycles. The first-order valence-corrected chi connectivity index (χ1v) is 9.96. The second-order valence-corrected chi connectivity index (χ2v) is 8.01. The van der Waals surface area contributed by atoms with E-state index in [9.17, 15) is 4.79 Å². The van der Waals surface area contributed by atoms with Gasteiger partial charge in [-0.05, 0) is 49.2 Å². The number of rotatable bonds is 4. The molecule has 0 bridgehead atoms. The van der Waals surface area contributed by atoms with Crippen LogP contribution in [0.15, 0.2) is 59.1 Å². The highest BCUT2D eigenvalue weighted by Crippen LogP contribution is 2.46. The Balaban J connectivity index is 1.65. The molecular weight excluding hydrogens is 406 g/mol. The number of benzene rings is 2. The highest BCUT2D eigenvalue weighted by Gasteiger charge is 2.58. The number of piperidine rings is 1. The molecule has 0 saturated carbocycles. The number of fused-ring (bicyclic) bond motifs is 1. The van der Waals surface area contributed by atoms with Gasteiger partial charge in [0.2, 0.25) is 0 Å². The Labute approximate surface area is 166 Å². The van der Waals surface area contributed by atoms with E-state index in [4.69, 9.17) is 10.3 Å². The smallest absolute Gasteiger partial charge is 0.442 e. The first kappa shape index (κ1) is 18.1. The van der Waals surface area contributed by atoms with Crippen molar-refractivity contribution >= 4 is 27.6 Å². The fourth-order valence-corrected chi connectivity index (χ4v) is 4.48. The molecule has 1 N–H and O–H groups in total. The zero-order valence-electron chi connectivity index (χ0n) is 14.9. The van der Waals surface area contributed by atoms with Crippen LogP contribution in [0.1, 0.15) is 30.4 Å². The third kappa shape index (κ3) is 3.25. The fourth-order valence-electron chi connectivity index (χ4n) is 4.22. The van der Waals surface area contributed by atoms with Gasteiger partial charge in [0, 0.05) is 11.0 Å². The first-order chi connectivity index (χ1) is 13.1. The lowest BCUT2D eigenvalue weighted by Crippen LogP contribution is -2.70. The van der Waals surface area contributed by atoms with E-state index in [2.05, 4.69) is 25.6 Å². The maximum absolute atomic E-state index is 13.0. The Kier molecular flexibility index (Phi) is 4.96. The average molecular weight is 427 g/mol. The largest absolute Gasteiger partial charge is 0.455 e. The molecule has 2 fully saturated rings. The zero-order valence-corrected chi connectivity index (χ0v) is 16.5. The fraction of sp³-hybridized carbons (Fsp3) is 0.333. The van der Waals surface area contributed by atoms with Crippen molar-refractivity contribution in [1.29, 1.82) is 5.53 Å². The van der Waals surface area contributed by atoms with E-state index in [1.165, 1.54) is 6.42 Å². The minimum absolute atomic E-state index is 0.0343. The lowest BCUT2D eigenvalue weighted by Gasteiger charge is -2.58. The zero-order chi connectivity index (χ0) is 18.9. The van der Waals surface area contributed by atoms with E-state index in [-0.39, 0.29) is 11.8 Å². The van der Waals surface area contributed by atoms with Crippen LogP contribution in [0.25, 0.3) is 0 Å². The second-order valence-electron chi connectivity index (χ2n) is 7.09. The summed E-state index contributed by atoms with van der Waals surface area (Å²) in [5.74, 6) is -0.540. The molecule has 5 nitrogen and oxygen atoms in total. The van der Waals surface area contributed by atoms with Gasteiger partial charge in [-0.2, -0.15) is 0 Å². The molecule has 2 aromatic rings. The Morgan fingerprint density at radius 1 is 1.15 bits per heavy atom. The summed E-state index contributed by atoms with van der Waals surface area (Å²) in [5, 5.41) is 0. The molecule has 0 unspecified atom stereocenters. The first-order valence-electron chi connectivity index (χ1n) is 9.17. The van der Waals surface area contributed by atoms with Crippen LogP contribution in [0.2, 0.25) is 0 Å². The van der Waals surface area contributed by atoms with Crippen LogP contribution in [0.4, 0.5) is 0 Å². The molecule has 0 amide bonds. The quantitative estimate of drug-likeness (QED) is 0.350. The minimum Gasteiger partial charge on any atom is -0.442 e. The van der Waals surface area contributed by atoms with Gasteiger partial charge >= 0.3 is 11.7 Å². The summed E-state index contributed by atoms with van der Waals surface area (Å²) in [6, 6.07) is 17.3. The Morgan fingerprint density at radius 3 is 2.56 bits per heavy atom. The van der Waals surface area contributed by atoms with Gasteiger partial charge in [0.1, 0.15) is 0 Å². The maximum Gasteiger partial charge on any atom is 0.455 e. The van der Waals surface area contributed by atoms with Crippen LogP contribution < -0.4 is 0 Å². The van der Waals surface area contributed by atoms with Crippen LogP contribution in [0.3, 0.4) is 0 Å². The van der Waals surface area contributed by atoms with Crippen molar-refractivity contribution in [2.45, 2.75) is 30.9 Å². The van der Waals surface area contributed by atoms with E-state index in [0.29, 0.717) is 12.1 Å². The SMILES string of the molecule is N=[N+]=C(C(=O)O[C@@]1(c2ccccc2)CN2CCCC[C@H]21)c1ccc(Br)cc1. The van der Waals surface area contributed by atoms with Crippen LogP contribution >= 0.6 is 15.9 Å². The third-order valence-corrected chi connectivity index (χ3v) is 6.08. The van der Waals surface area contributed by atoms with Crippen molar-refractivity contribution in [1.82, 2.24) is 4.90 Å². The maximum atomic E-state index is 13.0. The average Bonchev–Trinajstić information content (AvgIpc) is 2.69. The summed E-state index contributed by atoms with van der Waals surface area (Å²) < 4.78 is 7.03. The number of esters is 1. The molecule has 2 aromatic carbocycles. The number of hydrogen-bond acceptors (Lipinski definition) is 4. The molecule has 0 radical (unpaired) electrons. The highest BCUT2D eigenvalue weighted by atomic mass is 79.9. The van der Waals surface area contributed by atoms with Crippen LogP contribution in [0.5, 0.6) is 0 Å². The molecule has 6 heteroatoms. The van der Waals surface area contributed by atoms with Crippen molar-refractivity contribution in [3.8, 4) is 0 Å². The molecule has 2 saturated heterocycles. The standard InChI is InChI=1S/C21H21BrN3O2/c22-17-11-9-15(10-12-17)19(24-23)20(26)27-21(16-6-2-1-3-7-16)14-25-13-5-4-8-18(21)25/h1-3,6-7,9-12,18,23H,4-5,8,13-14H2/q+1/t18-,21+/m0/s1. The van der Waals surface area contributed by atoms with Crippen molar-refractivity contribution in [3.63, 3.8) is 0 Å². The van der Waals surface area contributed by atoms with E-state index in [1.54, 1.807) is 12.1 Å². The predicted octanol–water partition coefficient (Wildman–Crippen LogP) is 3.78. The molecular formula is C21H21BrN3O2+. The summed E-state index contributed by atoms with van der Waals surface area (Å²) in [4.78, 5) is 18.9.